The van der Waals surface area contributed by atoms with Crippen LogP contribution in [-0.2, 0) is 0 Å². The van der Waals surface area contributed by atoms with E-state index in [-0.39, 0.29) is 0 Å². The Morgan fingerprint density at radius 2 is 1.45 bits per heavy atom. The molecule has 0 rings (SSSR count). The molecule has 0 aromatic rings. The molecule has 0 bridgehead atoms. The molecule has 66 valence electrons. The molecular weight excluding hydrogens is 163 g/mol. The van der Waals surface area contributed by atoms with Crippen LogP contribution < -0.4 is 0 Å². The minimum absolute atomic E-state index is 0.991. The van der Waals surface area contributed by atoms with Crippen molar-refractivity contribution in [1.29, 1.82) is 0 Å². The topological polar surface area (TPSA) is 60.7 Å². The molecule has 0 unspecified atom stereocenters. The summed E-state index contributed by atoms with van der Waals surface area (Å²) in [5.74, 6) is 2.31. The fraction of sp³-hybridized carbons (Fsp3) is 0.714. The fourth-order valence-corrected chi connectivity index (χ4v) is 1.12. The van der Waals surface area contributed by atoms with Gasteiger partial charge in [0, 0.05) is 0 Å². The van der Waals surface area contributed by atoms with Gasteiger partial charge >= 0.3 is 66.4 Å². The maximum atomic E-state index is 9.38. The normalized spacial score (nSPS) is 16.1. The van der Waals surface area contributed by atoms with E-state index in [1.807, 2.05) is 0 Å². The van der Waals surface area contributed by atoms with Gasteiger partial charge in [-0.05, 0) is 0 Å². The molecular formula is C7H15O3P. The summed E-state index contributed by atoms with van der Waals surface area (Å²) in [6, 6.07) is 0. The summed E-state index contributed by atoms with van der Waals surface area (Å²) in [5, 5.41) is -0.991. The zero-order valence-corrected chi connectivity index (χ0v) is 8.18. The Kier molecular flexibility index (Phi) is 2.40. The van der Waals surface area contributed by atoms with Crippen LogP contribution in [0.25, 0.3) is 0 Å². The number of hydrogen-bond donors (Lipinski definition) is 3. The summed E-state index contributed by atoms with van der Waals surface area (Å²) in [5.41, 5.74) is 2.09. The van der Waals surface area contributed by atoms with Crippen molar-refractivity contribution in [2.45, 2.75) is 32.9 Å². The molecule has 0 heterocycles. The van der Waals surface area contributed by atoms with Gasteiger partial charge in [-0.3, -0.25) is 0 Å². The standard InChI is InChI=1S/C7H15O3P/c1-5-6-11(8,9,10)7(2,3)4/h8-10H,1-4H3. The molecule has 0 spiro atoms. The van der Waals surface area contributed by atoms with Crippen LogP contribution in [0.2, 0.25) is 0 Å². The molecule has 0 radical (unpaired) electrons. The Labute approximate surface area is 67.2 Å². The number of rotatable bonds is 0. The molecule has 3 nitrogen and oxygen atoms in total. The first-order valence-electron chi connectivity index (χ1n) is 3.30. The second-order valence-corrected chi connectivity index (χ2v) is 7.04. The van der Waals surface area contributed by atoms with Crippen LogP contribution >= 0.6 is 7.28 Å². The van der Waals surface area contributed by atoms with E-state index < -0.39 is 12.4 Å². The molecule has 0 aromatic carbocycles. The van der Waals surface area contributed by atoms with Crippen LogP contribution in [0, 0.1) is 11.6 Å². The van der Waals surface area contributed by atoms with E-state index in [1.165, 1.54) is 27.7 Å². The molecule has 0 aromatic heterocycles. The molecule has 3 N–H and O–H groups in total. The van der Waals surface area contributed by atoms with E-state index in [2.05, 4.69) is 11.6 Å². The van der Waals surface area contributed by atoms with E-state index in [0.717, 1.165) is 0 Å². The molecule has 0 aliphatic carbocycles. The molecule has 0 amide bonds. The van der Waals surface area contributed by atoms with Crippen molar-refractivity contribution in [3.63, 3.8) is 0 Å². The van der Waals surface area contributed by atoms with Gasteiger partial charge in [0.25, 0.3) is 0 Å². The van der Waals surface area contributed by atoms with Crippen molar-refractivity contribution in [1.82, 2.24) is 0 Å². The average molecular weight is 178 g/mol. The van der Waals surface area contributed by atoms with Crippen LogP contribution in [0.3, 0.4) is 0 Å². The quantitative estimate of drug-likeness (QED) is 0.383. The third kappa shape index (κ3) is 2.15. The summed E-state index contributed by atoms with van der Waals surface area (Å²) in [4.78, 5) is 28.2. The Morgan fingerprint density at radius 3 is 1.55 bits per heavy atom. The van der Waals surface area contributed by atoms with Gasteiger partial charge in [0.05, 0.1) is 0 Å². The second-order valence-electron chi connectivity index (χ2n) is 3.51. The summed E-state index contributed by atoms with van der Waals surface area (Å²) >= 11 is 0. The summed E-state index contributed by atoms with van der Waals surface area (Å²) in [7, 11) is -4.73. The average Bonchev–Trinajstić information content (AvgIpc) is 1.58. The predicted octanol–water partition coefficient (Wildman–Crippen LogP) is 1.04. The van der Waals surface area contributed by atoms with Crippen molar-refractivity contribution >= 4 is 7.28 Å². The van der Waals surface area contributed by atoms with E-state index in [4.69, 9.17) is 0 Å². The van der Waals surface area contributed by atoms with Gasteiger partial charge in [-0.15, -0.1) is 0 Å². The van der Waals surface area contributed by atoms with E-state index in [1.54, 1.807) is 0 Å². The monoisotopic (exact) mass is 178 g/mol. The van der Waals surface area contributed by atoms with Gasteiger partial charge in [0.2, 0.25) is 0 Å². The predicted molar refractivity (Wildman–Crippen MR) is 46.8 cm³/mol. The van der Waals surface area contributed by atoms with Gasteiger partial charge < -0.3 is 0 Å². The molecule has 0 saturated carbocycles. The molecule has 11 heavy (non-hydrogen) atoms. The van der Waals surface area contributed by atoms with Crippen LogP contribution in [0.15, 0.2) is 0 Å². The zero-order chi connectivity index (χ0) is 9.36. The SMILES string of the molecule is CC#CP(O)(O)(O)C(C)(C)C. The molecule has 0 aliphatic rings. The number of hydrogen-bond acceptors (Lipinski definition) is 3. The van der Waals surface area contributed by atoms with Crippen LogP contribution in [0.4, 0.5) is 0 Å². The van der Waals surface area contributed by atoms with Gasteiger partial charge in [0.1, 0.15) is 0 Å². The van der Waals surface area contributed by atoms with Crippen LogP contribution in [0.1, 0.15) is 27.7 Å². The van der Waals surface area contributed by atoms with Crippen LogP contribution in [0.5, 0.6) is 0 Å². The zero-order valence-electron chi connectivity index (χ0n) is 7.29. The molecule has 0 saturated heterocycles. The van der Waals surface area contributed by atoms with Crippen molar-refractivity contribution < 1.29 is 14.7 Å². The second kappa shape index (κ2) is 2.43. The van der Waals surface area contributed by atoms with E-state index in [9.17, 15) is 14.7 Å². The third-order valence-corrected chi connectivity index (χ3v) is 4.66. The van der Waals surface area contributed by atoms with Crippen molar-refractivity contribution in [2.24, 2.45) is 0 Å². The summed E-state index contributed by atoms with van der Waals surface area (Å²) in [6.07, 6.45) is 0. The molecule has 0 fully saturated rings. The first kappa shape index (κ1) is 10.9. The van der Waals surface area contributed by atoms with Crippen molar-refractivity contribution in [2.75, 3.05) is 0 Å². The molecule has 4 heteroatoms. The minimum atomic E-state index is -4.73. The van der Waals surface area contributed by atoms with Gasteiger partial charge in [-0.1, -0.05) is 0 Å². The Bertz CT molecular complexity index is 208. The Hall–Kier alpha value is -0.130. The third-order valence-electron chi connectivity index (χ3n) is 1.55. The summed E-state index contributed by atoms with van der Waals surface area (Å²) < 4.78 is 0. The first-order valence-corrected chi connectivity index (χ1v) is 5.39. The Balaban J connectivity index is 5.07. The van der Waals surface area contributed by atoms with E-state index in [0.29, 0.717) is 0 Å². The van der Waals surface area contributed by atoms with Gasteiger partial charge in [-0.25, -0.2) is 0 Å². The van der Waals surface area contributed by atoms with E-state index >= 15 is 0 Å². The van der Waals surface area contributed by atoms with Gasteiger partial charge in [0.15, 0.2) is 0 Å². The van der Waals surface area contributed by atoms with Crippen molar-refractivity contribution in [3.05, 3.63) is 0 Å². The molecule has 0 aliphatic heterocycles. The fourth-order valence-electron chi connectivity index (χ4n) is 0.374. The Morgan fingerprint density at radius 1 is 1.09 bits per heavy atom. The van der Waals surface area contributed by atoms with Crippen molar-refractivity contribution in [3.8, 4) is 11.6 Å². The van der Waals surface area contributed by atoms with Gasteiger partial charge in [-0.2, -0.15) is 0 Å². The first-order chi connectivity index (χ1) is 4.59. The summed E-state index contributed by atoms with van der Waals surface area (Å²) in [6.45, 7) is 6.06. The maximum absolute atomic E-state index is 9.38. The molecule has 0 atom stereocenters. The van der Waals surface area contributed by atoms with Crippen LogP contribution in [-0.4, -0.2) is 19.8 Å².